The molecule has 9 heteroatoms. The minimum absolute atomic E-state index is 0.145. The molecule has 1 spiro atoms. The van der Waals surface area contributed by atoms with Gasteiger partial charge < -0.3 is 33.9 Å². The first-order valence-corrected chi connectivity index (χ1v) is 10.6. The van der Waals surface area contributed by atoms with Crippen LogP contribution in [0.4, 0.5) is 11.4 Å². The van der Waals surface area contributed by atoms with E-state index in [0.29, 0.717) is 40.9 Å². The molecular formula is C24H22N2O7. The summed E-state index contributed by atoms with van der Waals surface area (Å²) < 4.78 is 27.6. The lowest BCUT2D eigenvalue weighted by Crippen LogP contribution is -2.41. The van der Waals surface area contributed by atoms with Crippen molar-refractivity contribution in [2.75, 3.05) is 37.8 Å². The fourth-order valence-corrected chi connectivity index (χ4v) is 5.21. The lowest BCUT2D eigenvalue weighted by molar-refractivity contribution is -0.128. The number of nitrogens with zero attached hydrogens (tertiary/aromatic N) is 1. The number of hydrogen-bond acceptors (Lipinski definition) is 7. The molecule has 1 N–H and O–H groups in total. The zero-order valence-electron chi connectivity index (χ0n) is 18.1. The van der Waals surface area contributed by atoms with Crippen LogP contribution in [0.15, 0.2) is 48.6 Å². The molecule has 2 amide bonds. The van der Waals surface area contributed by atoms with Crippen molar-refractivity contribution >= 4 is 23.2 Å². The van der Waals surface area contributed by atoms with Gasteiger partial charge in [-0.2, -0.15) is 0 Å². The van der Waals surface area contributed by atoms with E-state index in [1.54, 1.807) is 42.3 Å². The third-order valence-corrected chi connectivity index (χ3v) is 6.72. The molecule has 4 heterocycles. The van der Waals surface area contributed by atoms with Gasteiger partial charge in [0.05, 0.1) is 38.7 Å². The number of rotatable bonds is 5. The number of carbonyl (C=O) groups excluding carboxylic acids is 2. The van der Waals surface area contributed by atoms with Crippen molar-refractivity contribution in [2.24, 2.45) is 11.8 Å². The summed E-state index contributed by atoms with van der Waals surface area (Å²) in [5.41, 5.74) is 0.418. The largest absolute Gasteiger partial charge is 0.493 e. The van der Waals surface area contributed by atoms with Crippen LogP contribution in [0.3, 0.4) is 0 Å². The first-order chi connectivity index (χ1) is 16.0. The Bertz CT molecular complexity index is 1200. The number of amides is 2. The summed E-state index contributed by atoms with van der Waals surface area (Å²) in [5.74, 6) is 0.629. The molecule has 0 aliphatic carbocycles. The Kier molecular flexibility index (Phi) is 4.31. The summed E-state index contributed by atoms with van der Waals surface area (Å²) in [6.45, 7) is 0.495. The molecule has 2 saturated heterocycles. The number of ether oxygens (including phenoxy) is 5. The van der Waals surface area contributed by atoms with Crippen molar-refractivity contribution < 1.29 is 33.3 Å². The Hall–Kier alpha value is -3.72. The van der Waals surface area contributed by atoms with E-state index in [0.717, 1.165) is 0 Å². The van der Waals surface area contributed by atoms with Crippen LogP contribution in [-0.4, -0.2) is 51.1 Å². The van der Waals surface area contributed by atoms with Gasteiger partial charge in [-0.25, -0.2) is 0 Å². The van der Waals surface area contributed by atoms with Crippen LogP contribution in [0.2, 0.25) is 0 Å². The highest BCUT2D eigenvalue weighted by molar-refractivity contribution is 6.05. The predicted octanol–water partition coefficient (Wildman–Crippen LogP) is 2.36. The van der Waals surface area contributed by atoms with E-state index >= 15 is 0 Å². The molecule has 170 valence electrons. The second kappa shape index (κ2) is 7.14. The number of carbonyl (C=O) groups is 2. The highest BCUT2D eigenvalue weighted by Gasteiger charge is 2.67. The predicted molar refractivity (Wildman–Crippen MR) is 117 cm³/mol. The standard InChI is InChI=1S/C24H22N2O7/c1-29-15-5-3-13(9-18(15)30-2)25-22(27)20-17-7-8-24(33-17)11-26(23(28)21(20)24)14-4-6-16-19(10-14)32-12-31-16/h3-10,17,20-21H,11-12H2,1-2H3,(H,25,27)/t17-,20-,21+,24-/m0/s1. The van der Waals surface area contributed by atoms with Gasteiger partial charge in [0.2, 0.25) is 18.6 Å². The van der Waals surface area contributed by atoms with E-state index in [-0.39, 0.29) is 18.6 Å². The van der Waals surface area contributed by atoms with Crippen LogP contribution in [0.1, 0.15) is 0 Å². The number of nitrogens with one attached hydrogen (secondary N) is 1. The number of hydrogen-bond donors (Lipinski definition) is 1. The van der Waals surface area contributed by atoms with Crippen LogP contribution in [0.5, 0.6) is 23.0 Å². The molecule has 0 unspecified atom stereocenters. The fourth-order valence-electron chi connectivity index (χ4n) is 5.21. The molecule has 4 atom stereocenters. The Balaban J connectivity index is 1.27. The third-order valence-electron chi connectivity index (χ3n) is 6.72. The maximum absolute atomic E-state index is 13.5. The van der Waals surface area contributed by atoms with Crippen LogP contribution in [-0.2, 0) is 14.3 Å². The van der Waals surface area contributed by atoms with Crippen LogP contribution in [0.25, 0.3) is 0 Å². The molecule has 33 heavy (non-hydrogen) atoms. The average molecular weight is 450 g/mol. The lowest BCUT2D eigenvalue weighted by atomic mass is 9.77. The van der Waals surface area contributed by atoms with E-state index in [1.807, 2.05) is 18.2 Å². The summed E-state index contributed by atoms with van der Waals surface area (Å²) in [4.78, 5) is 28.5. The number of anilines is 2. The monoisotopic (exact) mass is 450 g/mol. The van der Waals surface area contributed by atoms with E-state index in [4.69, 9.17) is 23.7 Å². The van der Waals surface area contributed by atoms with E-state index in [9.17, 15) is 9.59 Å². The molecule has 9 nitrogen and oxygen atoms in total. The zero-order valence-corrected chi connectivity index (χ0v) is 18.1. The van der Waals surface area contributed by atoms with Gasteiger partial charge in [0, 0.05) is 23.5 Å². The second-order valence-corrected chi connectivity index (χ2v) is 8.42. The first kappa shape index (κ1) is 19.9. The summed E-state index contributed by atoms with van der Waals surface area (Å²) in [7, 11) is 3.08. The Labute approximate surface area is 189 Å². The van der Waals surface area contributed by atoms with Crippen molar-refractivity contribution in [2.45, 2.75) is 11.7 Å². The van der Waals surface area contributed by atoms with Crippen molar-refractivity contribution in [1.29, 1.82) is 0 Å². The fraction of sp³-hybridized carbons (Fsp3) is 0.333. The summed E-state index contributed by atoms with van der Waals surface area (Å²) in [5, 5.41) is 2.92. The van der Waals surface area contributed by atoms with E-state index < -0.39 is 23.5 Å². The quantitative estimate of drug-likeness (QED) is 0.699. The van der Waals surface area contributed by atoms with Gasteiger partial charge in [-0.3, -0.25) is 9.59 Å². The minimum atomic E-state index is -0.822. The van der Waals surface area contributed by atoms with Crippen LogP contribution < -0.4 is 29.2 Å². The zero-order chi connectivity index (χ0) is 22.7. The molecule has 2 aromatic carbocycles. The summed E-state index contributed by atoms with van der Waals surface area (Å²) in [6, 6.07) is 10.5. The van der Waals surface area contributed by atoms with Crippen molar-refractivity contribution in [1.82, 2.24) is 0 Å². The molecule has 4 aliphatic heterocycles. The van der Waals surface area contributed by atoms with Crippen molar-refractivity contribution in [3.05, 3.63) is 48.6 Å². The summed E-state index contributed by atoms with van der Waals surface area (Å²) in [6.07, 6.45) is 3.36. The van der Waals surface area contributed by atoms with E-state index in [1.165, 1.54) is 7.11 Å². The second-order valence-electron chi connectivity index (χ2n) is 8.42. The first-order valence-electron chi connectivity index (χ1n) is 10.6. The normalized spacial score (nSPS) is 28.2. The maximum atomic E-state index is 13.5. The average Bonchev–Trinajstić information content (AvgIpc) is 3.59. The van der Waals surface area contributed by atoms with Gasteiger partial charge in [0.15, 0.2) is 23.0 Å². The molecule has 2 aromatic rings. The highest BCUT2D eigenvalue weighted by atomic mass is 16.7. The molecule has 0 saturated carbocycles. The molecule has 0 radical (unpaired) electrons. The minimum Gasteiger partial charge on any atom is -0.493 e. The maximum Gasteiger partial charge on any atom is 0.234 e. The molecular weight excluding hydrogens is 428 g/mol. The topological polar surface area (TPSA) is 95.6 Å². The smallest absolute Gasteiger partial charge is 0.234 e. The van der Waals surface area contributed by atoms with Gasteiger partial charge in [0.1, 0.15) is 5.60 Å². The Morgan fingerprint density at radius 3 is 2.73 bits per heavy atom. The lowest BCUT2D eigenvalue weighted by Gasteiger charge is -2.23. The summed E-state index contributed by atoms with van der Waals surface area (Å²) >= 11 is 0. The third kappa shape index (κ3) is 2.88. The molecule has 0 aromatic heterocycles. The number of methoxy groups -OCH3 is 2. The molecule has 4 aliphatic rings. The van der Waals surface area contributed by atoms with Crippen molar-refractivity contribution in [3.63, 3.8) is 0 Å². The number of benzene rings is 2. The van der Waals surface area contributed by atoms with Gasteiger partial charge >= 0.3 is 0 Å². The molecule has 2 bridgehead atoms. The van der Waals surface area contributed by atoms with Crippen LogP contribution in [0, 0.1) is 11.8 Å². The van der Waals surface area contributed by atoms with Crippen molar-refractivity contribution in [3.8, 4) is 23.0 Å². The Morgan fingerprint density at radius 1 is 1.09 bits per heavy atom. The Morgan fingerprint density at radius 2 is 1.91 bits per heavy atom. The van der Waals surface area contributed by atoms with E-state index in [2.05, 4.69) is 5.32 Å². The highest BCUT2D eigenvalue weighted by Crippen LogP contribution is 2.53. The van der Waals surface area contributed by atoms with Gasteiger partial charge in [-0.1, -0.05) is 12.2 Å². The molecule has 2 fully saturated rings. The van der Waals surface area contributed by atoms with Gasteiger partial charge in [0.25, 0.3) is 0 Å². The van der Waals surface area contributed by atoms with Crippen LogP contribution >= 0.6 is 0 Å². The number of fused-ring (bicyclic) bond motifs is 2. The molecule has 6 rings (SSSR count). The van der Waals surface area contributed by atoms with Gasteiger partial charge in [-0.05, 0) is 24.3 Å². The van der Waals surface area contributed by atoms with Gasteiger partial charge in [-0.15, -0.1) is 0 Å². The SMILES string of the molecule is COc1ccc(NC(=O)[C@H]2[C@@H]3C=C[C@@]4(CN(c5ccc6c(c5)OCO6)C(=O)[C@@H]24)O3)cc1OC.